The summed E-state index contributed by atoms with van der Waals surface area (Å²) < 4.78 is 0. The Balaban J connectivity index is 1.31. The smallest absolute Gasteiger partial charge is 0.0540 e. The van der Waals surface area contributed by atoms with Crippen LogP contribution in [0.15, 0.2) is 152 Å². The van der Waals surface area contributed by atoms with E-state index < -0.39 is 0 Å². The van der Waals surface area contributed by atoms with E-state index in [1.54, 1.807) is 0 Å². The Morgan fingerprint density at radius 3 is 1.77 bits per heavy atom. The molecule has 0 radical (unpaired) electrons. The molecule has 9 rings (SSSR count). The molecule has 0 aliphatic heterocycles. The maximum atomic E-state index is 2.51. The summed E-state index contributed by atoms with van der Waals surface area (Å²) in [5.74, 6) is 0. The van der Waals surface area contributed by atoms with E-state index in [1.807, 2.05) is 0 Å². The van der Waals surface area contributed by atoms with Gasteiger partial charge in [0.2, 0.25) is 0 Å². The van der Waals surface area contributed by atoms with Crippen LogP contribution < -0.4 is 4.90 Å². The second-order valence-electron chi connectivity index (χ2n) is 12.5. The van der Waals surface area contributed by atoms with Crippen LogP contribution in [0.5, 0.6) is 0 Å². The van der Waals surface area contributed by atoms with Gasteiger partial charge in [0, 0.05) is 16.5 Å². The second-order valence-corrected chi connectivity index (χ2v) is 12.5. The van der Waals surface area contributed by atoms with Gasteiger partial charge in [-0.15, -0.1) is 0 Å². The molecule has 0 saturated carbocycles. The van der Waals surface area contributed by atoms with Crippen LogP contribution in [0.4, 0.5) is 17.1 Å². The molecule has 1 heteroatoms. The number of rotatable bonds is 4. The molecule has 0 fully saturated rings. The lowest BCUT2D eigenvalue weighted by Gasteiger charge is -2.33. The Hall–Kier alpha value is -5.40. The fraction of sp³-hybridized carbons (Fsp3) is 0.0698. The van der Waals surface area contributed by atoms with Gasteiger partial charge in [-0.1, -0.05) is 141 Å². The summed E-state index contributed by atoms with van der Waals surface area (Å²) >= 11 is 0. The molecule has 0 aromatic heterocycles. The summed E-state index contributed by atoms with van der Waals surface area (Å²) in [6, 6.07) is 55.8. The third kappa shape index (κ3) is 3.47. The largest absolute Gasteiger partial charge is 0.310 e. The number of hydrogen-bond donors (Lipinski definition) is 0. The van der Waals surface area contributed by atoms with Crippen LogP contribution in [0.25, 0.3) is 55.3 Å². The first kappa shape index (κ1) is 25.1. The highest BCUT2D eigenvalue weighted by Crippen LogP contribution is 2.56. The van der Waals surface area contributed by atoms with Gasteiger partial charge in [-0.2, -0.15) is 0 Å². The average molecular weight is 562 g/mol. The topological polar surface area (TPSA) is 3.24 Å². The van der Waals surface area contributed by atoms with Crippen LogP contribution in [-0.2, 0) is 5.41 Å². The molecular weight excluding hydrogens is 530 g/mol. The van der Waals surface area contributed by atoms with Crippen LogP contribution in [0.2, 0.25) is 0 Å². The molecule has 7 aromatic carbocycles. The zero-order valence-electron chi connectivity index (χ0n) is 24.9. The van der Waals surface area contributed by atoms with Crippen molar-refractivity contribution in [3.8, 4) is 44.5 Å². The van der Waals surface area contributed by atoms with E-state index in [0.717, 1.165) is 5.69 Å². The van der Waals surface area contributed by atoms with Gasteiger partial charge >= 0.3 is 0 Å². The van der Waals surface area contributed by atoms with Crippen molar-refractivity contribution in [2.75, 3.05) is 4.90 Å². The Morgan fingerprint density at radius 2 is 1.00 bits per heavy atom. The highest BCUT2D eigenvalue weighted by molar-refractivity contribution is 6.19. The summed E-state index contributed by atoms with van der Waals surface area (Å²) in [6.07, 6.45) is 0. The number of fused-ring (bicyclic) bond motifs is 6. The van der Waals surface area contributed by atoms with Crippen LogP contribution in [0.1, 0.15) is 25.0 Å². The van der Waals surface area contributed by atoms with Crippen LogP contribution in [-0.4, -0.2) is 0 Å². The van der Waals surface area contributed by atoms with Crippen molar-refractivity contribution in [2.24, 2.45) is 0 Å². The minimum Gasteiger partial charge on any atom is -0.310 e. The molecule has 0 unspecified atom stereocenters. The lowest BCUT2D eigenvalue weighted by Crippen LogP contribution is -2.20. The predicted octanol–water partition coefficient (Wildman–Crippen LogP) is 11.9. The van der Waals surface area contributed by atoms with Gasteiger partial charge < -0.3 is 4.90 Å². The molecule has 0 saturated heterocycles. The van der Waals surface area contributed by atoms with E-state index in [1.165, 1.54) is 77.8 Å². The highest BCUT2D eigenvalue weighted by Gasteiger charge is 2.39. The van der Waals surface area contributed by atoms with Gasteiger partial charge in [0.25, 0.3) is 0 Å². The lowest BCUT2D eigenvalue weighted by molar-refractivity contribution is 0.661. The minimum atomic E-state index is -0.143. The molecule has 0 N–H and O–H groups in total. The maximum Gasteiger partial charge on any atom is 0.0540 e. The molecule has 2 aliphatic rings. The molecule has 44 heavy (non-hydrogen) atoms. The van der Waals surface area contributed by atoms with Crippen molar-refractivity contribution in [1.82, 2.24) is 0 Å². The first-order valence-electron chi connectivity index (χ1n) is 15.5. The monoisotopic (exact) mass is 561 g/mol. The summed E-state index contributed by atoms with van der Waals surface area (Å²) in [4.78, 5) is 2.51. The molecule has 1 nitrogen and oxygen atoms in total. The Kier molecular flexibility index (Phi) is 5.31. The molecule has 0 amide bonds. The summed E-state index contributed by atoms with van der Waals surface area (Å²) in [5, 5.41) is 2.61. The quantitative estimate of drug-likeness (QED) is 0.207. The fourth-order valence-corrected chi connectivity index (χ4v) is 7.83. The minimum absolute atomic E-state index is 0.143. The standard InChI is InChI=1S/C43H31N/c1-43(2)38-20-9-8-16-33(38)36-18-11-21-40(42(36)43)44(30-24-22-29(23-25-30)28-12-4-3-5-13-28)39-27-26-35-32-15-7-6-14-31(32)34-17-10-19-37(39)41(34)35/h3-27H,1-2H3. The number of benzene rings is 7. The molecular formula is C43H31N. The van der Waals surface area contributed by atoms with Crippen molar-refractivity contribution in [1.29, 1.82) is 0 Å². The molecule has 0 bridgehead atoms. The second kappa shape index (κ2) is 9.30. The van der Waals surface area contributed by atoms with Crippen molar-refractivity contribution in [3.63, 3.8) is 0 Å². The van der Waals surface area contributed by atoms with Crippen molar-refractivity contribution in [3.05, 3.63) is 163 Å². The van der Waals surface area contributed by atoms with Gasteiger partial charge in [0.05, 0.1) is 11.4 Å². The Morgan fingerprint density at radius 1 is 0.409 bits per heavy atom. The van der Waals surface area contributed by atoms with Crippen molar-refractivity contribution in [2.45, 2.75) is 19.3 Å². The van der Waals surface area contributed by atoms with Crippen LogP contribution in [0.3, 0.4) is 0 Å². The van der Waals surface area contributed by atoms with E-state index in [9.17, 15) is 0 Å². The predicted molar refractivity (Wildman–Crippen MR) is 186 cm³/mol. The zero-order chi connectivity index (χ0) is 29.4. The van der Waals surface area contributed by atoms with Gasteiger partial charge in [-0.3, -0.25) is 0 Å². The van der Waals surface area contributed by atoms with E-state index in [-0.39, 0.29) is 5.41 Å². The SMILES string of the molecule is CC1(C)c2ccccc2-c2cccc(N(c3ccc(-c4ccccc4)cc3)c3ccc4c5c(cccc35)-c3ccccc3-4)c21. The van der Waals surface area contributed by atoms with E-state index in [0.29, 0.717) is 0 Å². The first-order chi connectivity index (χ1) is 21.6. The molecule has 0 spiro atoms. The summed E-state index contributed by atoms with van der Waals surface area (Å²) in [7, 11) is 0. The van der Waals surface area contributed by atoms with Gasteiger partial charge in [-0.05, 0) is 85.3 Å². The number of nitrogens with zero attached hydrogens (tertiary/aromatic N) is 1. The normalized spacial score (nSPS) is 13.4. The Labute approximate surface area is 258 Å². The van der Waals surface area contributed by atoms with E-state index in [2.05, 4.69) is 170 Å². The summed E-state index contributed by atoms with van der Waals surface area (Å²) in [6.45, 7) is 4.75. The lowest BCUT2D eigenvalue weighted by atomic mass is 9.81. The maximum absolute atomic E-state index is 2.51. The first-order valence-corrected chi connectivity index (χ1v) is 15.5. The third-order valence-electron chi connectivity index (χ3n) is 9.80. The summed E-state index contributed by atoms with van der Waals surface area (Å²) in [5.41, 5.74) is 16.6. The van der Waals surface area contributed by atoms with Gasteiger partial charge in [0.1, 0.15) is 0 Å². The van der Waals surface area contributed by atoms with Crippen LogP contribution in [0, 0.1) is 0 Å². The number of hydrogen-bond acceptors (Lipinski definition) is 1. The van der Waals surface area contributed by atoms with Crippen molar-refractivity contribution >= 4 is 27.8 Å². The highest BCUT2D eigenvalue weighted by atomic mass is 15.1. The van der Waals surface area contributed by atoms with E-state index in [4.69, 9.17) is 0 Å². The third-order valence-corrected chi connectivity index (χ3v) is 9.80. The van der Waals surface area contributed by atoms with E-state index >= 15 is 0 Å². The average Bonchev–Trinajstić information content (AvgIpc) is 3.53. The van der Waals surface area contributed by atoms with Crippen molar-refractivity contribution < 1.29 is 0 Å². The Bertz CT molecular complexity index is 2210. The molecule has 208 valence electrons. The molecule has 7 aromatic rings. The van der Waals surface area contributed by atoms with Gasteiger partial charge in [0.15, 0.2) is 0 Å². The molecule has 2 aliphatic carbocycles. The number of anilines is 3. The van der Waals surface area contributed by atoms with Gasteiger partial charge in [-0.25, -0.2) is 0 Å². The molecule has 0 heterocycles. The van der Waals surface area contributed by atoms with Crippen LogP contribution >= 0.6 is 0 Å². The zero-order valence-corrected chi connectivity index (χ0v) is 24.9. The molecule has 0 atom stereocenters. The fourth-order valence-electron chi connectivity index (χ4n) is 7.83.